The Morgan fingerprint density at radius 2 is 1.89 bits per heavy atom. The van der Waals surface area contributed by atoms with Crippen LogP contribution in [0.5, 0.6) is 0 Å². The Labute approximate surface area is 161 Å². The molecule has 152 valence electrons. The third-order valence-electron chi connectivity index (χ3n) is 4.75. The predicted molar refractivity (Wildman–Crippen MR) is 97.8 cm³/mol. The van der Waals surface area contributed by atoms with Gasteiger partial charge in [0.1, 0.15) is 17.3 Å². The zero-order chi connectivity index (χ0) is 20.3. The van der Waals surface area contributed by atoms with Crippen LogP contribution >= 0.6 is 0 Å². The smallest absolute Gasteiger partial charge is 0.417 e. The first-order valence-corrected chi connectivity index (χ1v) is 9.02. The molecular formula is C19H23F3N4O2. The lowest BCUT2D eigenvalue weighted by atomic mass is 10.2. The van der Waals surface area contributed by atoms with E-state index < -0.39 is 11.7 Å². The van der Waals surface area contributed by atoms with E-state index in [1.165, 1.54) is 6.07 Å². The molecule has 0 atom stereocenters. The highest BCUT2D eigenvalue weighted by Crippen LogP contribution is 2.29. The van der Waals surface area contributed by atoms with Crippen LogP contribution in [0.15, 0.2) is 34.9 Å². The van der Waals surface area contributed by atoms with Gasteiger partial charge in [0.15, 0.2) is 0 Å². The maximum Gasteiger partial charge on any atom is 0.417 e. The predicted octanol–water partition coefficient (Wildman–Crippen LogP) is 2.78. The summed E-state index contributed by atoms with van der Waals surface area (Å²) < 4.78 is 43.4. The number of amides is 1. The first kappa shape index (κ1) is 20.2. The van der Waals surface area contributed by atoms with Gasteiger partial charge in [-0.05, 0) is 31.2 Å². The number of aromatic nitrogens is 1. The van der Waals surface area contributed by atoms with Crippen LogP contribution in [0.25, 0.3) is 0 Å². The molecule has 28 heavy (non-hydrogen) atoms. The number of rotatable bonds is 5. The second-order valence-corrected chi connectivity index (χ2v) is 6.93. The van der Waals surface area contributed by atoms with E-state index in [-0.39, 0.29) is 5.91 Å². The normalized spacial score (nSPS) is 15.7. The third-order valence-corrected chi connectivity index (χ3v) is 4.75. The van der Waals surface area contributed by atoms with Crippen molar-refractivity contribution in [1.29, 1.82) is 0 Å². The summed E-state index contributed by atoms with van der Waals surface area (Å²) >= 11 is 0. The lowest BCUT2D eigenvalue weighted by Crippen LogP contribution is -2.49. The quantitative estimate of drug-likeness (QED) is 0.778. The molecule has 0 saturated carbocycles. The van der Waals surface area contributed by atoms with Gasteiger partial charge in [0, 0.05) is 39.4 Å². The molecule has 9 heteroatoms. The standard InChI is InChI=1S/C19H23F3N4O2/c1-14-3-5-16(28-14)12-24(2)18(27)13-25-7-9-26(10-8-25)17-6-4-15(11-23-17)19(20,21)22/h3-6,11H,7-10,12-13H2,1-2H3. The fourth-order valence-electron chi connectivity index (χ4n) is 3.08. The van der Waals surface area contributed by atoms with Crippen LogP contribution in [0.4, 0.5) is 19.0 Å². The highest BCUT2D eigenvalue weighted by molar-refractivity contribution is 5.78. The number of carbonyl (C=O) groups excluding carboxylic acids is 1. The van der Waals surface area contributed by atoms with Crippen LogP contribution in [0.2, 0.25) is 0 Å². The number of aryl methyl sites for hydroxylation is 1. The number of furan rings is 1. The molecule has 1 amide bonds. The summed E-state index contributed by atoms with van der Waals surface area (Å²) in [7, 11) is 1.74. The average molecular weight is 396 g/mol. The van der Waals surface area contributed by atoms with E-state index >= 15 is 0 Å². The molecule has 3 rings (SSSR count). The first-order chi connectivity index (χ1) is 13.2. The van der Waals surface area contributed by atoms with Gasteiger partial charge in [-0.25, -0.2) is 4.98 Å². The van der Waals surface area contributed by atoms with E-state index in [1.54, 1.807) is 11.9 Å². The maximum atomic E-state index is 12.6. The zero-order valence-electron chi connectivity index (χ0n) is 15.9. The minimum atomic E-state index is -4.38. The molecule has 1 fully saturated rings. The molecule has 2 aromatic heterocycles. The van der Waals surface area contributed by atoms with Gasteiger partial charge in [-0.3, -0.25) is 9.69 Å². The zero-order valence-corrected chi connectivity index (χ0v) is 15.9. The van der Waals surface area contributed by atoms with Crippen LogP contribution in [-0.2, 0) is 17.5 Å². The van der Waals surface area contributed by atoms with E-state index in [2.05, 4.69) is 4.98 Å². The minimum absolute atomic E-state index is 0.00448. The fraction of sp³-hybridized carbons (Fsp3) is 0.474. The molecule has 6 nitrogen and oxygen atoms in total. The van der Waals surface area contributed by atoms with Crippen LogP contribution in [0.3, 0.4) is 0 Å². The van der Waals surface area contributed by atoms with E-state index in [1.807, 2.05) is 28.9 Å². The van der Waals surface area contributed by atoms with Gasteiger partial charge in [0.2, 0.25) is 5.91 Å². The Morgan fingerprint density at radius 3 is 2.43 bits per heavy atom. The molecule has 0 spiro atoms. The van der Waals surface area contributed by atoms with Crippen molar-refractivity contribution < 1.29 is 22.4 Å². The van der Waals surface area contributed by atoms with Crippen molar-refractivity contribution in [2.24, 2.45) is 0 Å². The van der Waals surface area contributed by atoms with Crippen molar-refractivity contribution in [2.75, 3.05) is 44.7 Å². The number of hydrogen-bond acceptors (Lipinski definition) is 5. The monoisotopic (exact) mass is 396 g/mol. The molecule has 0 bridgehead atoms. The lowest BCUT2D eigenvalue weighted by molar-refractivity contribution is -0.137. The largest absolute Gasteiger partial charge is 0.464 e. The molecule has 3 heterocycles. The number of halogens is 3. The van der Waals surface area contributed by atoms with Crippen molar-refractivity contribution in [2.45, 2.75) is 19.6 Å². The highest BCUT2D eigenvalue weighted by atomic mass is 19.4. The van der Waals surface area contributed by atoms with Gasteiger partial charge in [-0.1, -0.05) is 0 Å². The Hall–Kier alpha value is -2.55. The number of anilines is 1. The molecule has 0 aliphatic carbocycles. The molecule has 0 aromatic carbocycles. The molecule has 0 N–H and O–H groups in total. The van der Waals surface area contributed by atoms with E-state index in [9.17, 15) is 18.0 Å². The highest BCUT2D eigenvalue weighted by Gasteiger charge is 2.31. The Kier molecular flexibility index (Phi) is 5.93. The summed E-state index contributed by atoms with van der Waals surface area (Å²) in [6.07, 6.45) is -3.53. The van der Waals surface area contributed by atoms with Crippen molar-refractivity contribution in [1.82, 2.24) is 14.8 Å². The molecule has 1 aliphatic rings. The summed E-state index contributed by atoms with van der Waals surface area (Å²) in [6, 6.07) is 6.16. The number of carbonyl (C=O) groups is 1. The van der Waals surface area contributed by atoms with Crippen molar-refractivity contribution >= 4 is 11.7 Å². The number of nitrogens with zero attached hydrogens (tertiary/aromatic N) is 4. The summed E-state index contributed by atoms with van der Waals surface area (Å²) in [5.74, 6) is 2.06. The van der Waals surface area contributed by atoms with E-state index in [4.69, 9.17) is 4.42 Å². The van der Waals surface area contributed by atoms with Gasteiger partial charge in [-0.15, -0.1) is 0 Å². The third kappa shape index (κ3) is 5.03. The Morgan fingerprint density at radius 1 is 1.18 bits per heavy atom. The lowest BCUT2D eigenvalue weighted by Gasteiger charge is -2.35. The number of alkyl halides is 3. The second kappa shape index (κ2) is 8.22. The van der Waals surface area contributed by atoms with Gasteiger partial charge in [-0.2, -0.15) is 13.2 Å². The second-order valence-electron chi connectivity index (χ2n) is 6.93. The van der Waals surface area contributed by atoms with Crippen LogP contribution in [0.1, 0.15) is 17.1 Å². The number of hydrogen-bond donors (Lipinski definition) is 0. The first-order valence-electron chi connectivity index (χ1n) is 9.02. The Bertz CT molecular complexity index is 796. The van der Waals surface area contributed by atoms with Gasteiger partial charge >= 0.3 is 6.18 Å². The topological polar surface area (TPSA) is 52.8 Å². The summed E-state index contributed by atoms with van der Waals surface area (Å²) in [6.45, 7) is 5.06. The average Bonchev–Trinajstić information content (AvgIpc) is 3.06. The van der Waals surface area contributed by atoms with Crippen molar-refractivity contribution in [3.8, 4) is 0 Å². The van der Waals surface area contributed by atoms with E-state index in [0.29, 0.717) is 45.1 Å². The number of likely N-dealkylation sites (N-methyl/N-ethyl adjacent to an activating group) is 1. The SMILES string of the molecule is Cc1ccc(CN(C)C(=O)CN2CCN(c3ccc(C(F)(F)F)cn3)CC2)o1. The molecule has 1 aliphatic heterocycles. The summed E-state index contributed by atoms with van der Waals surface area (Å²) in [5, 5.41) is 0. The van der Waals surface area contributed by atoms with Crippen LogP contribution in [-0.4, -0.2) is 60.5 Å². The minimum Gasteiger partial charge on any atom is -0.464 e. The summed E-state index contributed by atoms with van der Waals surface area (Å²) in [5.41, 5.74) is -0.754. The van der Waals surface area contributed by atoms with Crippen LogP contribution in [0, 0.1) is 6.92 Å². The molecule has 2 aromatic rings. The fourth-order valence-corrected chi connectivity index (χ4v) is 3.08. The molecular weight excluding hydrogens is 373 g/mol. The van der Waals surface area contributed by atoms with Crippen molar-refractivity contribution in [3.05, 3.63) is 47.5 Å². The maximum absolute atomic E-state index is 12.6. The molecule has 1 saturated heterocycles. The van der Waals surface area contributed by atoms with Crippen LogP contribution < -0.4 is 4.90 Å². The molecule has 0 unspecified atom stereocenters. The van der Waals surface area contributed by atoms with E-state index in [0.717, 1.165) is 23.8 Å². The molecule has 0 radical (unpaired) electrons. The van der Waals surface area contributed by atoms with Gasteiger partial charge in [0.25, 0.3) is 0 Å². The Balaban J connectivity index is 1.47. The summed E-state index contributed by atoms with van der Waals surface area (Å²) in [4.78, 5) is 21.9. The van der Waals surface area contributed by atoms with Crippen molar-refractivity contribution in [3.63, 3.8) is 0 Å². The van der Waals surface area contributed by atoms with Gasteiger partial charge < -0.3 is 14.2 Å². The number of pyridine rings is 1. The van der Waals surface area contributed by atoms with Gasteiger partial charge in [0.05, 0.1) is 18.7 Å². The number of piperazine rings is 1.